The molecule has 0 radical (unpaired) electrons. The number of likely N-dealkylation sites (N-methyl/N-ethyl adjacent to an activating group) is 1. The number of aryl methyl sites for hydroxylation is 1. The summed E-state index contributed by atoms with van der Waals surface area (Å²) in [6, 6.07) is 0.163. The molecule has 0 bridgehead atoms. The molecule has 2 rings (SSSR count). The molecule has 0 aromatic carbocycles. The van der Waals surface area contributed by atoms with Crippen LogP contribution in [0, 0.1) is 0 Å². The minimum atomic E-state index is 0.163. The van der Waals surface area contributed by atoms with E-state index in [1.54, 1.807) is 0 Å². The van der Waals surface area contributed by atoms with Crippen LogP contribution in [0.25, 0.3) is 0 Å². The fourth-order valence-corrected chi connectivity index (χ4v) is 2.99. The van der Waals surface area contributed by atoms with Gasteiger partial charge in [-0.3, -0.25) is 4.90 Å². The van der Waals surface area contributed by atoms with E-state index in [4.69, 9.17) is 4.74 Å². The van der Waals surface area contributed by atoms with Crippen molar-refractivity contribution >= 4 is 0 Å². The molecule has 2 atom stereocenters. The number of ether oxygens (including phenoxy) is 1. The molecule has 21 heavy (non-hydrogen) atoms. The van der Waals surface area contributed by atoms with E-state index in [2.05, 4.69) is 41.3 Å². The molecule has 2 heterocycles. The number of aromatic nitrogens is 3. The van der Waals surface area contributed by atoms with Gasteiger partial charge in [0.2, 0.25) is 0 Å². The van der Waals surface area contributed by atoms with E-state index >= 15 is 0 Å². The zero-order valence-electron chi connectivity index (χ0n) is 13.6. The molecular formula is C15H29N5O. The number of hydrogen-bond donors (Lipinski definition) is 1. The van der Waals surface area contributed by atoms with Gasteiger partial charge in [0.05, 0.1) is 30.6 Å². The monoisotopic (exact) mass is 295 g/mol. The predicted octanol–water partition coefficient (Wildman–Crippen LogP) is 1.45. The number of hydrogen-bond acceptors (Lipinski definition) is 5. The summed E-state index contributed by atoms with van der Waals surface area (Å²) in [7, 11) is 0. The van der Waals surface area contributed by atoms with Crippen LogP contribution >= 0.6 is 0 Å². The van der Waals surface area contributed by atoms with Crippen molar-refractivity contribution in [2.24, 2.45) is 0 Å². The van der Waals surface area contributed by atoms with E-state index in [0.29, 0.717) is 0 Å². The first kappa shape index (κ1) is 16.4. The number of morpholine rings is 1. The summed E-state index contributed by atoms with van der Waals surface area (Å²) < 4.78 is 8.06. The number of rotatable bonds is 8. The van der Waals surface area contributed by atoms with E-state index < -0.39 is 0 Å². The van der Waals surface area contributed by atoms with E-state index in [9.17, 15) is 0 Å². The lowest BCUT2D eigenvalue weighted by molar-refractivity contribution is -0.0481. The highest BCUT2D eigenvalue weighted by molar-refractivity contribution is 5.06. The first-order chi connectivity index (χ1) is 10.3. The molecule has 0 amide bonds. The quantitative estimate of drug-likeness (QED) is 0.786. The Labute approximate surface area is 127 Å². The van der Waals surface area contributed by atoms with Crippen LogP contribution in [0.3, 0.4) is 0 Å². The van der Waals surface area contributed by atoms with Gasteiger partial charge in [0.15, 0.2) is 0 Å². The molecular weight excluding hydrogens is 266 g/mol. The van der Waals surface area contributed by atoms with Crippen LogP contribution in [0.15, 0.2) is 6.20 Å². The SMILES string of the molecule is CCCN1CCOC(C(NCC)c2cnnn2CCC)C1. The molecule has 0 spiro atoms. The molecule has 1 fully saturated rings. The van der Waals surface area contributed by atoms with Crippen molar-refractivity contribution in [1.29, 1.82) is 0 Å². The third-order valence-corrected chi connectivity index (χ3v) is 3.91. The summed E-state index contributed by atoms with van der Waals surface area (Å²) >= 11 is 0. The maximum atomic E-state index is 6.05. The first-order valence-electron chi connectivity index (χ1n) is 8.25. The zero-order valence-corrected chi connectivity index (χ0v) is 13.6. The molecule has 6 heteroatoms. The summed E-state index contributed by atoms with van der Waals surface area (Å²) in [6.07, 6.45) is 4.29. The van der Waals surface area contributed by atoms with Crippen LogP contribution in [-0.4, -0.2) is 58.8 Å². The molecule has 0 saturated carbocycles. The Kier molecular flexibility index (Phi) is 6.60. The molecule has 6 nitrogen and oxygen atoms in total. The first-order valence-corrected chi connectivity index (χ1v) is 8.25. The van der Waals surface area contributed by atoms with Gasteiger partial charge in [-0.25, -0.2) is 4.68 Å². The van der Waals surface area contributed by atoms with E-state index in [0.717, 1.165) is 51.4 Å². The lowest BCUT2D eigenvalue weighted by Gasteiger charge is -2.37. The van der Waals surface area contributed by atoms with Crippen molar-refractivity contribution in [3.63, 3.8) is 0 Å². The molecule has 2 unspecified atom stereocenters. The van der Waals surface area contributed by atoms with Gasteiger partial charge in [-0.2, -0.15) is 0 Å². The zero-order chi connectivity index (χ0) is 15.1. The van der Waals surface area contributed by atoms with E-state index in [1.807, 2.05) is 10.9 Å². The standard InChI is InChI=1S/C15H29N5O/c1-4-7-19-9-10-21-14(12-19)15(16-6-3)13-11-17-18-20(13)8-5-2/h11,14-16H,4-10,12H2,1-3H3. The van der Waals surface area contributed by atoms with Crippen molar-refractivity contribution in [3.8, 4) is 0 Å². The van der Waals surface area contributed by atoms with Crippen molar-refractivity contribution in [1.82, 2.24) is 25.2 Å². The third-order valence-electron chi connectivity index (χ3n) is 3.91. The second-order valence-electron chi connectivity index (χ2n) is 5.63. The maximum Gasteiger partial charge on any atom is 0.0912 e. The van der Waals surface area contributed by atoms with Crippen LogP contribution in [-0.2, 0) is 11.3 Å². The minimum absolute atomic E-state index is 0.163. The summed E-state index contributed by atoms with van der Waals surface area (Å²) in [4.78, 5) is 2.49. The molecule has 1 aliphatic rings. The van der Waals surface area contributed by atoms with Crippen LogP contribution in [0.2, 0.25) is 0 Å². The minimum Gasteiger partial charge on any atom is -0.374 e. The van der Waals surface area contributed by atoms with Gasteiger partial charge in [0.1, 0.15) is 0 Å². The molecule has 1 aromatic rings. The Hall–Kier alpha value is -0.980. The smallest absolute Gasteiger partial charge is 0.0912 e. The number of nitrogens with zero attached hydrogens (tertiary/aromatic N) is 4. The average Bonchev–Trinajstić information content (AvgIpc) is 2.94. The second kappa shape index (κ2) is 8.46. The Morgan fingerprint density at radius 3 is 2.86 bits per heavy atom. The fourth-order valence-electron chi connectivity index (χ4n) is 2.99. The third kappa shape index (κ3) is 4.25. The molecule has 1 aromatic heterocycles. The van der Waals surface area contributed by atoms with Crippen molar-refractivity contribution in [2.75, 3.05) is 32.8 Å². The Bertz CT molecular complexity index is 407. The maximum absolute atomic E-state index is 6.05. The fraction of sp³-hybridized carbons (Fsp3) is 0.867. The van der Waals surface area contributed by atoms with Gasteiger partial charge in [0, 0.05) is 19.6 Å². The lowest BCUT2D eigenvalue weighted by atomic mass is 10.1. The highest BCUT2D eigenvalue weighted by Crippen LogP contribution is 2.22. The van der Waals surface area contributed by atoms with Gasteiger partial charge >= 0.3 is 0 Å². The highest BCUT2D eigenvalue weighted by atomic mass is 16.5. The lowest BCUT2D eigenvalue weighted by Crippen LogP contribution is -2.48. The Morgan fingerprint density at radius 1 is 1.33 bits per heavy atom. The van der Waals surface area contributed by atoms with Crippen LogP contribution < -0.4 is 5.32 Å². The molecule has 1 aliphatic heterocycles. The number of nitrogens with one attached hydrogen (secondary N) is 1. The van der Waals surface area contributed by atoms with Gasteiger partial charge < -0.3 is 10.1 Å². The van der Waals surface area contributed by atoms with E-state index in [1.165, 1.54) is 6.42 Å². The van der Waals surface area contributed by atoms with Crippen molar-refractivity contribution in [2.45, 2.75) is 52.3 Å². The van der Waals surface area contributed by atoms with Gasteiger partial charge in [0.25, 0.3) is 0 Å². The molecule has 1 saturated heterocycles. The highest BCUT2D eigenvalue weighted by Gasteiger charge is 2.30. The molecule has 1 N–H and O–H groups in total. The summed E-state index contributed by atoms with van der Waals surface area (Å²) in [5.41, 5.74) is 1.14. The van der Waals surface area contributed by atoms with Crippen molar-refractivity contribution < 1.29 is 4.74 Å². The normalized spacial score (nSPS) is 21.6. The van der Waals surface area contributed by atoms with Crippen LogP contribution in [0.4, 0.5) is 0 Å². The van der Waals surface area contributed by atoms with Gasteiger partial charge in [-0.1, -0.05) is 26.0 Å². The van der Waals surface area contributed by atoms with E-state index in [-0.39, 0.29) is 12.1 Å². The average molecular weight is 295 g/mol. The Morgan fingerprint density at radius 2 is 2.14 bits per heavy atom. The summed E-state index contributed by atoms with van der Waals surface area (Å²) in [5.74, 6) is 0. The molecule has 0 aliphatic carbocycles. The summed E-state index contributed by atoms with van der Waals surface area (Å²) in [5, 5.41) is 11.9. The summed E-state index contributed by atoms with van der Waals surface area (Å²) in [6.45, 7) is 12.3. The topological polar surface area (TPSA) is 55.2 Å². The van der Waals surface area contributed by atoms with Crippen LogP contribution in [0.5, 0.6) is 0 Å². The second-order valence-corrected chi connectivity index (χ2v) is 5.63. The van der Waals surface area contributed by atoms with Gasteiger partial charge in [-0.05, 0) is 25.9 Å². The van der Waals surface area contributed by atoms with Crippen molar-refractivity contribution in [3.05, 3.63) is 11.9 Å². The largest absolute Gasteiger partial charge is 0.374 e. The predicted molar refractivity (Wildman–Crippen MR) is 83.2 cm³/mol. The molecule has 120 valence electrons. The Balaban J connectivity index is 2.11. The van der Waals surface area contributed by atoms with Crippen LogP contribution in [0.1, 0.15) is 45.3 Å². The van der Waals surface area contributed by atoms with Gasteiger partial charge in [-0.15, -0.1) is 5.10 Å².